The predicted molar refractivity (Wildman–Crippen MR) is 77.9 cm³/mol. The molecular formula is C15H22BrN. The quantitative estimate of drug-likeness (QED) is 0.769. The van der Waals surface area contributed by atoms with E-state index in [1.54, 1.807) is 11.1 Å². The lowest BCUT2D eigenvalue weighted by Gasteiger charge is -2.24. The summed E-state index contributed by atoms with van der Waals surface area (Å²) < 4.78 is 0. The summed E-state index contributed by atoms with van der Waals surface area (Å²) in [5.41, 5.74) is 3.11. The molecule has 0 N–H and O–H groups in total. The van der Waals surface area contributed by atoms with Crippen LogP contribution in [0.15, 0.2) is 24.3 Å². The second-order valence-corrected chi connectivity index (χ2v) is 5.65. The Morgan fingerprint density at radius 3 is 2.24 bits per heavy atom. The molecule has 1 unspecified atom stereocenters. The van der Waals surface area contributed by atoms with Gasteiger partial charge >= 0.3 is 0 Å². The fraction of sp³-hybridized carbons (Fsp3) is 0.600. The van der Waals surface area contributed by atoms with Crippen LogP contribution in [0.5, 0.6) is 0 Å². The van der Waals surface area contributed by atoms with E-state index in [0.717, 1.165) is 11.2 Å². The van der Waals surface area contributed by atoms with Crippen LogP contribution in [0, 0.1) is 5.92 Å². The van der Waals surface area contributed by atoms with Gasteiger partial charge in [0.1, 0.15) is 0 Å². The normalized spacial score (nSPS) is 18.5. The molecule has 0 radical (unpaired) electrons. The zero-order valence-electron chi connectivity index (χ0n) is 10.7. The van der Waals surface area contributed by atoms with Crippen molar-refractivity contribution in [2.24, 2.45) is 5.92 Å². The molecule has 0 saturated heterocycles. The summed E-state index contributed by atoms with van der Waals surface area (Å²) in [6.45, 7) is 5.98. The molecule has 0 aromatic heterocycles. The first-order valence-corrected chi connectivity index (χ1v) is 7.80. The van der Waals surface area contributed by atoms with Gasteiger partial charge < -0.3 is 4.90 Å². The predicted octanol–water partition coefficient (Wildman–Crippen LogP) is 3.51. The molecule has 0 aliphatic carbocycles. The van der Waals surface area contributed by atoms with Crippen LogP contribution in [0.2, 0.25) is 0 Å². The number of alkyl halides is 1. The van der Waals surface area contributed by atoms with Gasteiger partial charge in [-0.15, -0.1) is 0 Å². The molecule has 0 saturated carbocycles. The summed E-state index contributed by atoms with van der Waals surface area (Å²) in [7, 11) is 0. The number of rotatable bonds is 4. The highest BCUT2D eigenvalue weighted by molar-refractivity contribution is 9.09. The molecule has 0 fully saturated rings. The maximum Gasteiger partial charge on any atom is 0.00717 e. The summed E-state index contributed by atoms with van der Waals surface area (Å²) in [5, 5.41) is 1.13. The molecule has 1 aliphatic rings. The summed E-state index contributed by atoms with van der Waals surface area (Å²) in [6.07, 6.45) is 3.71. The fourth-order valence-electron chi connectivity index (χ4n) is 2.55. The molecule has 1 aromatic rings. The summed E-state index contributed by atoms with van der Waals surface area (Å²) in [6, 6.07) is 8.92. The molecule has 1 aromatic carbocycles. The minimum Gasteiger partial charge on any atom is -0.302 e. The Morgan fingerprint density at radius 2 is 1.76 bits per heavy atom. The molecule has 1 atom stereocenters. The lowest BCUT2D eigenvalue weighted by Crippen LogP contribution is -2.32. The number of nitrogens with zero attached hydrogens (tertiary/aromatic N) is 1. The Bertz CT molecular complexity index is 320. The first kappa shape index (κ1) is 13.1. The van der Waals surface area contributed by atoms with E-state index in [2.05, 4.69) is 52.0 Å². The van der Waals surface area contributed by atoms with E-state index in [0.29, 0.717) is 0 Å². The number of fused-ring (bicyclic) bond motifs is 1. The van der Waals surface area contributed by atoms with Gasteiger partial charge in [0, 0.05) is 25.0 Å². The third-order valence-electron chi connectivity index (χ3n) is 3.83. The van der Waals surface area contributed by atoms with Crippen LogP contribution in [-0.2, 0) is 12.8 Å². The molecule has 1 nitrogen and oxygen atoms in total. The highest BCUT2D eigenvalue weighted by atomic mass is 79.9. The van der Waals surface area contributed by atoms with Gasteiger partial charge in [0.05, 0.1) is 0 Å². The maximum atomic E-state index is 3.62. The number of hydrogen-bond acceptors (Lipinski definition) is 1. The Morgan fingerprint density at radius 1 is 1.18 bits per heavy atom. The number of benzene rings is 1. The van der Waals surface area contributed by atoms with Crippen LogP contribution in [0.25, 0.3) is 0 Å². The molecule has 0 amide bonds. The highest BCUT2D eigenvalue weighted by Gasteiger charge is 2.16. The molecule has 94 valence electrons. The fourth-order valence-corrected chi connectivity index (χ4v) is 3.21. The summed E-state index contributed by atoms with van der Waals surface area (Å²) in [5.74, 6) is 0.802. The topological polar surface area (TPSA) is 3.24 Å². The molecule has 17 heavy (non-hydrogen) atoms. The largest absolute Gasteiger partial charge is 0.302 e. The molecular weight excluding hydrogens is 274 g/mol. The third kappa shape index (κ3) is 3.56. The smallest absolute Gasteiger partial charge is 0.00717 e. The van der Waals surface area contributed by atoms with Crippen molar-refractivity contribution < 1.29 is 0 Å². The molecule has 0 bridgehead atoms. The van der Waals surface area contributed by atoms with Crippen molar-refractivity contribution in [3.63, 3.8) is 0 Å². The zero-order valence-corrected chi connectivity index (χ0v) is 12.2. The number of hydrogen-bond donors (Lipinski definition) is 0. The van der Waals surface area contributed by atoms with Gasteiger partial charge in [-0.05, 0) is 29.9 Å². The van der Waals surface area contributed by atoms with Crippen LogP contribution >= 0.6 is 15.9 Å². The van der Waals surface area contributed by atoms with Gasteiger partial charge in [0.15, 0.2) is 0 Å². The minimum absolute atomic E-state index is 0.802. The Hall–Kier alpha value is -0.340. The Kier molecular flexibility index (Phi) is 5.05. The van der Waals surface area contributed by atoms with Crippen molar-refractivity contribution in [3.05, 3.63) is 35.4 Å². The van der Waals surface area contributed by atoms with Crippen LogP contribution in [0.1, 0.15) is 24.5 Å². The molecule has 0 spiro atoms. The van der Waals surface area contributed by atoms with E-state index in [1.807, 2.05) is 0 Å². The first-order chi connectivity index (χ1) is 8.33. The van der Waals surface area contributed by atoms with Crippen LogP contribution in [-0.4, -0.2) is 29.9 Å². The monoisotopic (exact) mass is 295 g/mol. The van der Waals surface area contributed by atoms with Crippen molar-refractivity contribution in [2.75, 3.05) is 25.0 Å². The van der Waals surface area contributed by atoms with E-state index in [4.69, 9.17) is 0 Å². The third-order valence-corrected chi connectivity index (χ3v) is 4.74. The van der Waals surface area contributed by atoms with Gasteiger partial charge in [-0.1, -0.05) is 53.5 Å². The van der Waals surface area contributed by atoms with E-state index in [1.165, 1.54) is 38.9 Å². The molecule has 2 rings (SSSR count). The van der Waals surface area contributed by atoms with Crippen LogP contribution < -0.4 is 0 Å². The van der Waals surface area contributed by atoms with E-state index in [9.17, 15) is 0 Å². The second kappa shape index (κ2) is 6.55. The van der Waals surface area contributed by atoms with Gasteiger partial charge in [0.25, 0.3) is 0 Å². The summed E-state index contributed by atoms with van der Waals surface area (Å²) in [4.78, 5) is 2.63. The van der Waals surface area contributed by atoms with Crippen LogP contribution in [0.3, 0.4) is 0 Å². The van der Waals surface area contributed by atoms with E-state index >= 15 is 0 Å². The van der Waals surface area contributed by atoms with Crippen LogP contribution in [0.4, 0.5) is 0 Å². The Balaban J connectivity index is 1.95. The average molecular weight is 296 g/mol. The lowest BCUT2D eigenvalue weighted by atomic mass is 10.0. The van der Waals surface area contributed by atoms with Crippen molar-refractivity contribution in [2.45, 2.75) is 26.2 Å². The van der Waals surface area contributed by atoms with Crippen molar-refractivity contribution >= 4 is 15.9 Å². The van der Waals surface area contributed by atoms with Crippen molar-refractivity contribution in [1.29, 1.82) is 0 Å². The van der Waals surface area contributed by atoms with E-state index in [-0.39, 0.29) is 0 Å². The molecule has 1 heterocycles. The van der Waals surface area contributed by atoms with E-state index < -0.39 is 0 Å². The highest BCUT2D eigenvalue weighted by Crippen LogP contribution is 2.17. The van der Waals surface area contributed by atoms with Gasteiger partial charge in [-0.3, -0.25) is 0 Å². The van der Waals surface area contributed by atoms with Crippen molar-refractivity contribution in [3.8, 4) is 0 Å². The second-order valence-electron chi connectivity index (χ2n) is 5.00. The maximum absolute atomic E-state index is 3.62. The summed E-state index contributed by atoms with van der Waals surface area (Å²) >= 11 is 3.62. The van der Waals surface area contributed by atoms with Gasteiger partial charge in [-0.2, -0.15) is 0 Å². The standard InChI is InChI=1S/C15H22BrN/c1-2-13(11-16)12-17-9-7-14-5-3-4-6-15(14)8-10-17/h3-6,13H,2,7-12H2,1H3. The van der Waals surface area contributed by atoms with Gasteiger partial charge in [0.2, 0.25) is 0 Å². The zero-order chi connectivity index (χ0) is 12.1. The first-order valence-electron chi connectivity index (χ1n) is 6.68. The minimum atomic E-state index is 0.802. The Labute approximate surface area is 113 Å². The van der Waals surface area contributed by atoms with Gasteiger partial charge in [-0.25, -0.2) is 0 Å². The molecule has 1 aliphatic heterocycles. The lowest BCUT2D eigenvalue weighted by molar-refractivity contribution is 0.248. The molecule has 2 heteroatoms. The van der Waals surface area contributed by atoms with Crippen molar-refractivity contribution in [1.82, 2.24) is 4.90 Å². The average Bonchev–Trinajstić information content (AvgIpc) is 2.58. The number of halogens is 1. The SMILES string of the molecule is CCC(CBr)CN1CCc2ccccc2CC1.